The summed E-state index contributed by atoms with van der Waals surface area (Å²) in [5.74, 6) is 1.69. The minimum atomic E-state index is -1.99. The fraction of sp³-hybridized carbons (Fsp3) is 0.610. The third-order valence-corrected chi connectivity index (χ3v) is 17.6. The Labute approximate surface area is 321 Å². The number of amides is 2. The second-order valence-corrected chi connectivity index (χ2v) is 22.9. The molecule has 7 rings (SSSR count). The second kappa shape index (κ2) is 15.5. The molecular formula is C41H57IN4O5S. The van der Waals surface area contributed by atoms with Gasteiger partial charge in [-0.25, -0.2) is 0 Å². The SMILES string of the molecule is COc1ccc(C23CCC(CN(C(=O)C4CCI(OC(=O)NCCC(C)(C)O)CC4)c4cc(-c5cnc(C(C)(C)C)s5)ccn4)(CC2)CC3)cc1C. The Morgan fingerprint density at radius 3 is 2.31 bits per heavy atom. The number of ether oxygens (including phenoxy) is 1. The zero-order valence-corrected chi connectivity index (χ0v) is 35.0. The van der Waals surface area contributed by atoms with E-state index in [0.29, 0.717) is 19.5 Å². The third-order valence-electron chi connectivity index (χ3n) is 11.5. The number of aliphatic hydroxyl groups is 1. The molecule has 52 heavy (non-hydrogen) atoms. The number of aromatic nitrogens is 2. The van der Waals surface area contributed by atoms with Crippen LogP contribution in [0.2, 0.25) is 0 Å². The van der Waals surface area contributed by atoms with Gasteiger partial charge < -0.3 is 4.74 Å². The van der Waals surface area contributed by atoms with Gasteiger partial charge in [0.1, 0.15) is 5.75 Å². The number of fused-ring (bicyclic) bond motifs is 3. The monoisotopic (exact) mass is 844 g/mol. The zero-order chi connectivity index (χ0) is 37.3. The average molecular weight is 845 g/mol. The summed E-state index contributed by atoms with van der Waals surface area (Å²) in [6.07, 6.45) is 11.9. The molecule has 1 aliphatic heterocycles. The molecule has 2 N–H and O–H groups in total. The van der Waals surface area contributed by atoms with Gasteiger partial charge in [0, 0.05) is 0 Å². The van der Waals surface area contributed by atoms with Crippen molar-refractivity contribution >= 4 is 49.4 Å². The van der Waals surface area contributed by atoms with Crippen LogP contribution in [0.3, 0.4) is 0 Å². The number of aryl methyl sites for hydroxylation is 1. The van der Waals surface area contributed by atoms with Crippen molar-refractivity contribution in [1.29, 1.82) is 0 Å². The first kappa shape index (κ1) is 38.9. The molecule has 0 spiro atoms. The van der Waals surface area contributed by atoms with E-state index < -0.39 is 31.9 Å². The van der Waals surface area contributed by atoms with E-state index >= 15 is 0 Å². The van der Waals surface area contributed by atoms with Crippen LogP contribution in [-0.4, -0.2) is 61.7 Å². The van der Waals surface area contributed by atoms with Crippen molar-refractivity contribution in [3.8, 4) is 16.2 Å². The number of hydrogen-bond acceptors (Lipinski definition) is 8. The fourth-order valence-corrected chi connectivity index (χ4v) is 13.7. The van der Waals surface area contributed by atoms with Gasteiger partial charge in [0.2, 0.25) is 0 Å². The summed E-state index contributed by atoms with van der Waals surface area (Å²) in [4.78, 5) is 39.9. The molecular weight excluding hydrogens is 787 g/mol. The Morgan fingerprint density at radius 2 is 1.71 bits per heavy atom. The van der Waals surface area contributed by atoms with Gasteiger partial charge in [0.05, 0.1) is 7.11 Å². The molecule has 4 aliphatic rings. The van der Waals surface area contributed by atoms with Crippen molar-refractivity contribution in [2.75, 3.05) is 34.0 Å². The first-order valence-corrected chi connectivity index (χ1v) is 23.5. The number of pyridine rings is 1. The topological polar surface area (TPSA) is 114 Å². The number of carbonyl (C=O) groups is 2. The van der Waals surface area contributed by atoms with Crippen LogP contribution < -0.4 is 15.0 Å². The Kier molecular flexibility index (Phi) is 11.6. The summed E-state index contributed by atoms with van der Waals surface area (Å²) in [6.45, 7) is 13.2. The molecule has 0 radical (unpaired) electrons. The van der Waals surface area contributed by atoms with E-state index in [1.807, 2.05) is 23.4 Å². The molecule has 3 aliphatic carbocycles. The van der Waals surface area contributed by atoms with Crippen LogP contribution in [0.1, 0.15) is 109 Å². The van der Waals surface area contributed by atoms with Crippen LogP contribution in [0.4, 0.5) is 10.6 Å². The van der Waals surface area contributed by atoms with Crippen molar-refractivity contribution in [2.45, 2.75) is 116 Å². The average Bonchev–Trinajstić information content (AvgIpc) is 3.63. The van der Waals surface area contributed by atoms with E-state index in [1.54, 1.807) is 32.3 Å². The van der Waals surface area contributed by atoms with E-state index in [9.17, 15) is 14.7 Å². The summed E-state index contributed by atoms with van der Waals surface area (Å²) in [7, 11) is 1.73. The molecule has 0 atom stereocenters. The molecule has 0 unspecified atom stereocenters. The van der Waals surface area contributed by atoms with Gasteiger partial charge in [-0.1, -0.05) is 20.8 Å². The number of nitrogens with one attached hydrogen (secondary N) is 1. The number of thiazole rings is 1. The zero-order valence-electron chi connectivity index (χ0n) is 32.0. The molecule has 284 valence electrons. The quantitative estimate of drug-likeness (QED) is 0.146. The molecule has 3 saturated carbocycles. The number of hydrogen-bond donors (Lipinski definition) is 2. The number of rotatable bonds is 11. The predicted molar refractivity (Wildman–Crippen MR) is 218 cm³/mol. The van der Waals surface area contributed by atoms with Crippen molar-refractivity contribution in [2.24, 2.45) is 11.3 Å². The van der Waals surface area contributed by atoms with Gasteiger partial charge in [-0.3, -0.25) is 0 Å². The summed E-state index contributed by atoms with van der Waals surface area (Å²) in [6, 6.07) is 10.8. The molecule has 9 nitrogen and oxygen atoms in total. The van der Waals surface area contributed by atoms with E-state index in [-0.39, 0.29) is 28.1 Å². The van der Waals surface area contributed by atoms with Gasteiger partial charge in [0.25, 0.3) is 0 Å². The molecule has 4 fully saturated rings. The fourth-order valence-electron chi connectivity index (χ4n) is 8.11. The molecule has 2 amide bonds. The maximum absolute atomic E-state index is 14.7. The van der Waals surface area contributed by atoms with Crippen LogP contribution in [0.15, 0.2) is 42.7 Å². The van der Waals surface area contributed by atoms with Gasteiger partial charge >= 0.3 is 266 Å². The van der Waals surface area contributed by atoms with E-state index in [0.717, 1.165) is 87.2 Å². The van der Waals surface area contributed by atoms with E-state index in [4.69, 9.17) is 17.8 Å². The van der Waals surface area contributed by atoms with Crippen LogP contribution in [0, 0.1) is 18.3 Å². The summed E-state index contributed by atoms with van der Waals surface area (Å²) in [5.41, 5.74) is 3.01. The Morgan fingerprint density at radius 1 is 1.02 bits per heavy atom. The number of carbonyl (C=O) groups excluding carboxylic acids is 2. The first-order chi connectivity index (χ1) is 24.6. The maximum atomic E-state index is 14.7. The van der Waals surface area contributed by atoms with Crippen molar-refractivity contribution < 1.29 is 22.5 Å². The van der Waals surface area contributed by atoms with Crippen molar-refractivity contribution in [3.63, 3.8) is 0 Å². The van der Waals surface area contributed by atoms with Gasteiger partial charge in [0.15, 0.2) is 0 Å². The molecule has 1 aromatic carbocycles. The Hall–Kier alpha value is -2.77. The number of nitrogens with zero attached hydrogens (tertiary/aromatic N) is 3. The smallest absolute Gasteiger partial charge is 0.0361 e. The van der Waals surface area contributed by atoms with Gasteiger partial charge in [-0.2, -0.15) is 0 Å². The molecule has 1 saturated heterocycles. The van der Waals surface area contributed by atoms with Crippen LogP contribution >= 0.6 is 31.6 Å². The minimum absolute atomic E-state index is 0.0368. The predicted octanol–water partition coefficient (Wildman–Crippen LogP) is 9.16. The molecule has 11 heteroatoms. The van der Waals surface area contributed by atoms with E-state index in [2.05, 4.69) is 57.3 Å². The first-order valence-electron chi connectivity index (χ1n) is 18.8. The Bertz CT molecular complexity index is 1710. The summed E-state index contributed by atoms with van der Waals surface area (Å²) >= 11 is -0.283. The van der Waals surface area contributed by atoms with Crippen LogP contribution in [-0.2, 0) is 18.7 Å². The standard InChI is InChI=1S/C41H57IN4O5S/c1-28-24-31(8-9-32(28)50-7)41-16-13-40(14-17-41,15-18-41)27-46(34-25-30(12-22-43-34)33-26-45-36(52-33)38(2,3)4)35(47)29-10-20-42(21-11-29)51-37(48)44-23-19-39(5,6)49/h8-9,12,22,24-26,29,49H,10-11,13-21,23,27H2,1-7H3,(H,44,48). The number of halogens is 1. The van der Waals surface area contributed by atoms with Gasteiger partial charge in [-0.15, -0.1) is 0 Å². The number of anilines is 1. The van der Waals surface area contributed by atoms with Crippen molar-refractivity contribution in [3.05, 3.63) is 58.9 Å². The van der Waals surface area contributed by atoms with Crippen LogP contribution in [0.5, 0.6) is 5.75 Å². The van der Waals surface area contributed by atoms with Gasteiger partial charge in [-0.05, 0) is 18.6 Å². The minimum Gasteiger partial charge on any atom is -0.0361 e. The summed E-state index contributed by atoms with van der Waals surface area (Å²) in [5, 5.41) is 13.8. The second-order valence-electron chi connectivity index (χ2n) is 17.0. The normalized spacial score (nSPS) is 23.0. The third kappa shape index (κ3) is 8.94. The van der Waals surface area contributed by atoms with Crippen molar-refractivity contribution in [1.82, 2.24) is 15.3 Å². The number of benzene rings is 1. The molecule has 2 bridgehead atoms. The van der Waals surface area contributed by atoms with E-state index in [1.165, 1.54) is 11.1 Å². The van der Waals surface area contributed by atoms with Crippen LogP contribution in [0.25, 0.3) is 10.4 Å². The number of alkyl halides is 2. The summed E-state index contributed by atoms with van der Waals surface area (Å²) < 4.78 is 13.0. The number of methoxy groups -OCH3 is 1. The molecule has 2 aromatic heterocycles. The molecule has 3 aromatic rings. The molecule has 3 heterocycles. The Balaban J connectivity index is 1.19.